The predicted octanol–water partition coefficient (Wildman–Crippen LogP) is 5.42. The van der Waals surface area contributed by atoms with E-state index in [2.05, 4.69) is 5.32 Å². The zero-order valence-corrected chi connectivity index (χ0v) is 22.7. The number of allylic oxidation sites excluding steroid dienone is 1. The second-order valence-corrected chi connectivity index (χ2v) is 10.7. The molecule has 2 aromatic carbocycles. The van der Waals surface area contributed by atoms with Crippen LogP contribution in [-0.2, 0) is 14.3 Å². The quantitative estimate of drug-likeness (QED) is 0.552. The number of carbonyl (C=O) groups excluding carboxylic acids is 2. The van der Waals surface area contributed by atoms with Gasteiger partial charge in [-0.1, -0.05) is 53.2 Å². The van der Waals surface area contributed by atoms with E-state index in [-0.39, 0.29) is 18.2 Å². The van der Waals surface area contributed by atoms with Crippen molar-refractivity contribution in [1.82, 2.24) is 9.80 Å². The van der Waals surface area contributed by atoms with Crippen LogP contribution in [0.4, 0.5) is 5.69 Å². The lowest BCUT2D eigenvalue weighted by molar-refractivity contribution is -0.134. The Hall–Kier alpha value is -3.07. The number of nitrogens with zero attached hydrogens (tertiary/aromatic N) is 3. The summed E-state index contributed by atoms with van der Waals surface area (Å²) < 4.78 is 5.40. The Morgan fingerprint density at radius 2 is 1.84 bits per heavy atom. The Morgan fingerprint density at radius 3 is 2.54 bits per heavy atom. The van der Waals surface area contributed by atoms with Gasteiger partial charge in [0.15, 0.2) is 5.17 Å². The van der Waals surface area contributed by atoms with Crippen LogP contribution in [0.1, 0.15) is 36.1 Å². The van der Waals surface area contributed by atoms with Crippen molar-refractivity contribution >= 4 is 46.0 Å². The molecule has 0 aromatic heterocycles. The van der Waals surface area contributed by atoms with Gasteiger partial charge in [-0.25, -0.2) is 4.99 Å². The molecule has 0 bridgehead atoms. The Kier molecular flexibility index (Phi) is 7.42. The summed E-state index contributed by atoms with van der Waals surface area (Å²) in [5.74, 6) is -0.179. The van der Waals surface area contributed by atoms with Crippen molar-refractivity contribution in [2.24, 2.45) is 4.99 Å². The molecule has 3 heterocycles. The van der Waals surface area contributed by atoms with Crippen molar-refractivity contribution in [3.05, 3.63) is 86.6 Å². The molecule has 37 heavy (non-hydrogen) atoms. The monoisotopic (exact) mass is 536 g/mol. The minimum absolute atomic E-state index is 0.0406. The van der Waals surface area contributed by atoms with Crippen molar-refractivity contribution in [3.8, 4) is 0 Å². The molecule has 1 N–H and O–H groups in total. The van der Waals surface area contributed by atoms with Gasteiger partial charge in [0.1, 0.15) is 0 Å². The normalized spacial score (nSPS) is 19.4. The molecule has 2 amide bonds. The molecular weight excluding hydrogens is 508 g/mol. The summed E-state index contributed by atoms with van der Waals surface area (Å²) in [4.78, 5) is 35.6. The van der Waals surface area contributed by atoms with Crippen molar-refractivity contribution < 1.29 is 14.3 Å². The van der Waals surface area contributed by atoms with Crippen LogP contribution in [0.15, 0.2) is 69.8 Å². The van der Waals surface area contributed by atoms with Crippen molar-refractivity contribution in [3.63, 3.8) is 0 Å². The minimum Gasteiger partial charge on any atom is -0.378 e. The van der Waals surface area contributed by atoms with E-state index in [0.29, 0.717) is 42.6 Å². The summed E-state index contributed by atoms with van der Waals surface area (Å²) in [6.45, 7) is 8.14. The third-order valence-corrected chi connectivity index (χ3v) is 7.90. The highest BCUT2D eigenvalue weighted by molar-refractivity contribution is 8.16. The van der Waals surface area contributed by atoms with Crippen LogP contribution >= 0.6 is 23.4 Å². The first kappa shape index (κ1) is 25.6. The summed E-state index contributed by atoms with van der Waals surface area (Å²) in [6.07, 6.45) is 0.223. The molecule has 0 aliphatic carbocycles. The molecule has 1 atom stereocenters. The summed E-state index contributed by atoms with van der Waals surface area (Å²) in [5.41, 5.74) is 5.79. The lowest BCUT2D eigenvalue weighted by Crippen LogP contribution is -2.42. The van der Waals surface area contributed by atoms with E-state index in [9.17, 15) is 9.59 Å². The zero-order valence-electron chi connectivity index (χ0n) is 21.1. The number of rotatable bonds is 5. The predicted molar refractivity (Wildman–Crippen MR) is 148 cm³/mol. The van der Waals surface area contributed by atoms with Crippen LogP contribution in [0, 0.1) is 13.8 Å². The standard InChI is InChI=1S/C28H29ClN4O3S/c1-17-4-9-23(18(2)14-17)31-27(35)25-19(3)30-28-33(26(25)20-5-7-21(29)8-6-20)22(16-37-28)15-24(34)32-10-12-36-13-11-32/h4-9,14,16,26H,10-13,15H2,1-3H3,(H,31,35)/t26-/m0/s1. The lowest BCUT2D eigenvalue weighted by Gasteiger charge is -2.37. The minimum atomic E-state index is -0.450. The number of carbonyl (C=O) groups is 2. The highest BCUT2D eigenvalue weighted by atomic mass is 35.5. The number of morpholine rings is 1. The van der Waals surface area contributed by atoms with Gasteiger partial charge in [0.25, 0.3) is 5.91 Å². The van der Waals surface area contributed by atoms with Crippen LogP contribution < -0.4 is 5.32 Å². The molecule has 3 aliphatic rings. The van der Waals surface area contributed by atoms with Gasteiger partial charge in [-0.3, -0.25) is 9.59 Å². The third kappa shape index (κ3) is 5.32. The number of thioether (sulfide) groups is 1. The lowest BCUT2D eigenvalue weighted by atomic mass is 9.93. The van der Waals surface area contributed by atoms with Gasteiger partial charge in [0.05, 0.1) is 36.9 Å². The number of hydrogen-bond donors (Lipinski definition) is 1. The number of nitrogens with one attached hydrogen (secondary N) is 1. The maximum absolute atomic E-state index is 13.8. The van der Waals surface area contributed by atoms with Crippen LogP contribution in [0.2, 0.25) is 5.02 Å². The fourth-order valence-electron chi connectivity index (χ4n) is 4.84. The smallest absolute Gasteiger partial charge is 0.255 e. The number of ether oxygens (including phenoxy) is 1. The molecule has 0 unspecified atom stereocenters. The summed E-state index contributed by atoms with van der Waals surface area (Å²) >= 11 is 7.68. The van der Waals surface area contributed by atoms with Crippen molar-refractivity contribution in [2.45, 2.75) is 33.2 Å². The highest BCUT2D eigenvalue weighted by Crippen LogP contribution is 2.45. The number of amides is 2. The number of fused-ring (bicyclic) bond motifs is 1. The van der Waals surface area contributed by atoms with Gasteiger partial charge in [-0.2, -0.15) is 0 Å². The van der Waals surface area contributed by atoms with Crippen LogP contribution in [0.25, 0.3) is 0 Å². The van der Waals surface area contributed by atoms with E-state index in [1.165, 1.54) is 11.8 Å². The summed E-state index contributed by atoms with van der Waals surface area (Å²) in [6, 6.07) is 13.0. The number of aliphatic imine (C=N–C) groups is 1. The van der Waals surface area contributed by atoms with Gasteiger partial charge >= 0.3 is 0 Å². The van der Waals surface area contributed by atoms with Crippen LogP contribution in [0.5, 0.6) is 0 Å². The third-order valence-electron chi connectivity index (χ3n) is 6.76. The Balaban J connectivity index is 1.49. The molecule has 192 valence electrons. The highest BCUT2D eigenvalue weighted by Gasteiger charge is 2.41. The molecule has 7 nitrogen and oxygen atoms in total. The maximum Gasteiger partial charge on any atom is 0.255 e. The number of anilines is 1. The molecule has 1 saturated heterocycles. The first-order valence-corrected chi connectivity index (χ1v) is 13.5. The molecule has 2 aromatic rings. The number of aryl methyl sites for hydroxylation is 2. The van der Waals surface area contributed by atoms with Gasteiger partial charge < -0.3 is 19.9 Å². The molecule has 1 fully saturated rings. The SMILES string of the molecule is CC1=C(C(=O)Nc2ccc(C)cc2C)[C@H](c2ccc(Cl)cc2)N2C(CC(=O)N3CCOCC3)=CSC2=N1. The average Bonchev–Trinajstić information content (AvgIpc) is 3.27. The van der Waals surface area contributed by atoms with E-state index >= 15 is 0 Å². The Labute approximate surface area is 226 Å². The van der Waals surface area contributed by atoms with E-state index < -0.39 is 6.04 Å². The Morgan fingerprint density at radius 1 is 1.11 bits per heavy atom. The van der Waals surface area contributed by atoms with Gasteiger partial charge in [0, 0.05) is 29.5 Å². The van der Waals surface area contributed by atoms with Crippen LogP contribution in [0.3, 0.4) is 0 Å². The second kappa shape index (κ2) is 10.7. The Bertz CT molecular complexity index is 1330. The molecule has 0 spiro atoms. The molecule has 5 rings (SSSR count). The largest absolute Gasteiger partial charge is 0.378 e. The number of halogens is 1. The topological polar surface area (TPSA) is 74.2 Å². The fourth-order valence-corrected chi connectivity index (χ4v) is 5.93. The molecule has 3 aliphatic heterocycles. The van der Waals surface area contributed by atoms with Crippen molar-refractivity contribution in [2.75, 3.05) is 31.6 Å². The summed E-state index contributed by atoms with van der Waals surface area (Å²) in [7, 11) is 0. The zero-order chi connectivity index (χ0) is 26.1. The van der Waals surface area contributed by atoms with Gasteiger partial charge in [0.2, 0.25) is 5.91 Å². The first-order valence-electron chi connectivity index (χ1n) is 12.3. The number of benzene rings is 2. The number of hydrogen-bond acceptors (Lipinski definition) is 6. The van der Waals surface area contributed by atoms with E-state index in [1.54, 1.807) is 0 Å². The molecule has 0 saturated carbocycles. The summed E-state index contributed by atoms with van der Waals surface area (Å²) in [5, 5.41) is 6.44. The van der Waals surface area contributed by atoms with Crippen molar-refractivity contribution in [1.29, 1.82) is 0 Å². The molecule has 0 radical (unpaired) electrons. The fraction of sp³-hybridized carbons (Fsp3) is 0.321. The molecule has 9 heteroatoms. The van der Waals surface area contributed by atoms with E-state index in [0.717, 1.165) is 33.2 Å². The molecular formula is C28H29ClN4O3S. The average molecular weight is 537 g/mol. The maximum atomic E-state index is 13.8. The van der Waals surface area contributed by atoms with Gasteiger partial charge in [-0.05, 0) is 55.5 Å². The van der Waals surface area contributed by atoms with E-state index in [4.69, 9.17) is 21.3 Å². The van der Waals surface area contributed by atoms with Gasteiger partial charge in [-0.15, -0.1) is 0 Å². The van der Waals surface area contributed by atoms with Crippen LogP contribution in [-0.4, -0.2) is 53.1 Å². The number of amidine groups is 1. The second-order valence-electron chi connectivity index (χ2n) is 9.39. The van der Waals surface area contributed by atoms with E-state index in [1.807, 2.05) is 78.4 Å². The first-order chi connectivity index (χ1) is 17.8.